The largest absolute Gasteiger partial charge is 0.309 e. The molecule has 0 aliphatic heterocycles. The molecule has 0 radical (unpaired) electrons. The predicted octanol–water partition coefficient (Wildman–Crippen LogP) is 15.0. The molecule has 3 nitrogen and oxygen atoms in total. The lowest BCUT2D eigenvalue weighted by Gasteiger charge is -2.14. The molecule has 0 saturated heterocycles. The van der Waals surface area contributed by atoms with Crippen LogP contribution in [-0.4, -0.2) is 13.7 Å². The smallest absolute Gasteiger partial charge is 0.0546 e. The van der Waals surface area contributed by atoms with Crippen LogP contribution in [0.4, 0.5) is 0 Å². The van der Waals surface area contributed by atoms with Crippen molar-refractivity contribution in [3.05, 3.63) is 212 Å². The van der Waals surface area contributed by atoms with Crippen LogP contribution in [0.25, 0.3) is 115 Å². The molecular formula is C56H35N3. The summed E-state index contributed by atoms with van der Waals surface area (Å²) in [7, 11) is 0. The maximum absolute atomic E-state index is 2.47. The summed E-state index contributed by atoms with van der Waals surface area (Å²) in [5, 5.41) is 12.6. The number of para-hydroxylation sites is 4. The average molecular weight is 750 g/mol. The number of hydrogen-bond donors (Lipinski definition) is 0. The third-order valence-corrected chi connectivity index (χ3v) is 12.6. The number of aromatic nitrogens is 3. The molecule has 0 atom stereocenters. The van der Waals surface area contributed by atoms with Crippen molar-refractivity contribution in [3.63, 3.8) is 0 Å². The molecule has 274 valence electrons. The van der Waals surface area contributed by atoms with Gasteiger partial charge in [-0.1, -0.05) is 140 Å². The zero-order valence-electron chi connectivity index (χ0n) is 32.0. The number of nitrogens with zero attached hydrogens (tertiary/aromatic N) is 3. The van der Waals surface area contributed by atoms with E-state index in [0.717, 1.165) is 11.4 Å². The quantitative estimate of drug-likeness (QED) is 0.159. The van der Waals surface area contributed by atoms with Crippen LogP contribution in [0.5, 0.6) is 0 Å². The van der Waals surface area contributed by atoms with E-state index in [2.05, 4.69) is 226 Å². The summed E-state index contributed by atoms with van der Waals surface area (Å²) in [4.78, 5) is 0. The molecule has 59 heavy (non-hydrogen) atoms. The Morgan fingerprint density at radius 3 is 1.15 bits per heavy atom. The highest BCUT2D eigenvalue weighted by Crippen LogP contribution is 2.41. The second kappa shape index (κ2) is 12.3. The van der Waals surface area contributed by atoms with Gasteiger partial charge in [0.25, 0.3) is 0 Å². The van der Waals surface area contributed by atoms with Gasteiger partial charge in [-0.15, -0.1) is 0 Å². The third kappa shape index (κ3) is 4.64. The molecule has 0 N–H and O–H groups in total. The average Bonchev–Trinajstić information content (AvgIpc) is 3.94. The maximum Gasteiger partial charge on any atom is 0.0546 e. The Hall–Kier alpha value is -7.88. The Labute approximate surface area is 339 Å². The Bertz CT molecular complexity index is 3800. The van der Waals surface area contributed by atoms with Gasteiger partial charge in [-0.05, 0) is 100 Å². The minimum Gasteiger partial charge on any atom is -0.309 e. The zero-order chi connectivity index (χ0) is 38.6. The minimum absolute atomic E-state index is 1.14. The molecule has 0 aliphatic carbocycles. The van der Waals surface area contributed by atoms with Gasteiger partial charge in [-0.3, -0.25) is 0 Å². The lowest BCUT2D eigenvalue weighted by molar-refractivity contribution is 1.13. The van der Waals surface area contributed by atoms with Crippen LogP contribution in [-0.2, 0) is 0 Å². The fourth-order valence-corrected chi connectivity index (χ4v) is 10.0. The summed E-state index contributed by atoms with van der Waals surface area (Å²) in [5.74, 6) is 0. The lowest BCUT2D eigenvalue weighted by Crippen LogP contribution is -1.98. The van der Waals surface area contributed by atoms with Crippen LogP contribution < -0.4 is 0 Å². The van der Waals surface area contributed by atoms with Gasteiger partial charge < -0.3 is 13.7 Å². The second-order valence-corrected chi connectivity index (χ2v) is 15.7. The molecule has 13 rings (SSSR count). The first kappa shape index (κ1) is 32.2. The fraction of sp³-hybridized carbons (Fsp3) is 0. The van der Waals surface area contributed by atoms with Crippen molar-refractivity contribution < 1.29 is 0 Å². The molecule has 10 aromatic carbocycles. The molecule has 0 spiro atoms. The normalized spacial score (nSPS) is 12.1. The first-order valence-corrected chi connectivity index (χ1v) is 20.4. The monoisotopic (exact) mass is 749 g/mol. The maximum atomic E-state index is 2.47. The number of rotatable bonds is 4. The van der Waals surface area contributed by atoms with Gasteiger partial charge in [-0.2, -0.15) is 0 Å². The molecule has 0 bridgehead atoms. The third-order valence-electron chi connectivity index (χ3n) is 12.6. The molecule has 0 unspecified atom stereocenters. The molecule has 0 saturated carbocycles. The van der Waals surface area contributed by atoms with E-state index in [-0.39, 0.29) is 0 Å². The Balaban J connectivity index is 0.984. The summed E-state index contributed by atoms with van der Waals surface area (Å²) in [6.45, 7) is 0. The SMILES string of the molecule is c1cc(-n2c3ccccc3c3ccccc32)cc(-n2c3ccccc3c3cc(-c4ccc5c(c4)c4ccccc4n5-c4cc5ccccc5c5ccccc45)ccc32)c1. The van der Waals surface area contributed by atoms with Crippen molar-refractivity contribution in [2.24, 2.45) is 0 Å². The lowest BCUT2D eigenvalue weighted by atomic mass is 9.99. The fourth-order valence-electron chi connectivity index (χ4n) is 10.0. The van der Waals surface area contributed by atoms with E-state index in [1.807, 2.05) is 0 Å². The molecule has 13 aromatic rings. The van der Waals surface area contributed by atoms with E-state index in [1.165, 1.54) is 104 Å². The Morgan fingerprint density at radius 1 is 0.220 bits per heavy atom. The van der Waals surface area contributed by atoms with Crippen molar-refractivity contribution in [1.82, 2.24) is 13.7 Å². The summed E-state index contributed by atoms with van der Waals surface area (Å²) < 4.78 is 7.29. The molecule has 3 aromatic heterocycles. The van der Waals surface area contributed by atoms with Gasteiger partial charge in [-0.25, -0.2) is 0 Å². The van der Waals surface area contributed by atoms with Gasteiger partial charge >= 0.3 is 0 Å². The van der Waals surface area contributed by atoms with Crippen LogP contribution in [0.2, 0.25) is 0 Å². The van der Waals surface area contributed by atoms with E-state index in [1.54, 1.807) is 0 Å². The molecule has 3 heteroatoms. The van der Waals surface area contributed by atoms with Gasteiger partial charge in [0.05, 0.1) is 38.8 Å². The Morgan fingerprint density at radius 2 is 0.610 bits per heavy atom. The van der Waals surface area contributed by atoms with Crippen molar-refractivity contribution in [2.45, 2.75) is 0 Å². The number of benzene rings is 10. The van der Waals surface area contributed by atoms with Crippen molar-refractivity contribution in [1.29, 1.82) is 0 Å². The molecular weight excluding hydrogens is 715 g/mol. The first-order valence-electron chi connectivity index (χ1n) is 20.4. The highest BCUT2D eigenvalue weighted by atomic mass is 15.0. The van der Waals surface area contributed by atoms with E-state index >= 15 is 0 Å². The zero-order valence-corrected chi connectivity index (χ0v) is 32.0. The van der Waals surface area contributed by atoms with Gasteiger partial charge in [0.2, 0.25) is 0 Å². The van der Waals surface area contributed by atoms with Gasteiger partial charge in [0.1, 0.15) is 0 Å². The molecule has 3 heterocycles. The van der Waals surface area contributed by atoms with Crippen LogP contribution in [0.1, 0.15) is 0 Å². The highest BCUT2D eigenvalue weighted by Gasteiger charge is 2.19. The Kier molecular flexibility index (Phi) is 6.72. The molecule has 0 amide bonds. The standard InChI is InChI=1S/C56H35N3/c1-2-17-41-38(14-1)34-56(43-19-4-3-18-42(41)43)59-53-27-12-8-23-47(53)49-33-37(29-31-55(49)59)36-28-30-54-48(32-36)46-22-7-11-26-52(46)58(54)40-16-13-15-39(35-40)57-50-24-9-5-20-44(50)45-21-6-10-25-51(45)57/h1-35H. The van der Waals surface area contributed by atoms with Crippen molar-refractivity contribution in [2.75, 3.05) is 0 Å². The van der Waals surface area contributed by atoms with E-state index in [0.29, 0.717) is 0 Å². The summed E-state index contributed by atoms with van der Waals surface area (Å²) in [6.07, 6.45) is 0. The van der Waals surface area contributed by atoms with E-state index < -0.39 is 0 Å². The van der Waals surface area contributed by atoms with E-state index in [4.69, 9.17) is 0 Å². The minimum atomic E-state index is 1.14. The predicted molar refractivity (Wildman–Crippen MR) is 250 cm³/mol. The topological polar surface area (TPSA) is 14.8 Å². The van der Waals surface area contributed by atoms with Crippen molar-refractivity contribution in [3.8, 4) is 28.2 Å². The summed E-state index contributed by atoms with van der Waals surface area (Å²) in [6, 6.07) is 78.0. The van der Waals surface area contributed by atoms with Crippen LogP contribution >= 0.6 is 0 Å². The van der Waals surface area contributed by atoms with Crippen molar-refractivity contribution >= 4 is 87.0 Å². The van der Waals surface area contributed by atoms with E-state index in [9.17, 15) is 0 Å². The first-order chi connectivity index (χ1) is 29.3. The highest BCUT2D eigenvalue weighted by molar-refractivity contribution is 6.16. The molecule has 0 aliphatic rings. The number of fused-ring (bicyclic) bond motifs is 12. The van der Waals surface area contributed by atoms with Crippen LogP contribution in [0.3, 0.4) is 0 Å². The number of hydrogen-bond acceptors (Lipinski definition) is 0. The summed E-state index contributed by atoms with van der Waals surface area (Å²) in [5.41, 5.74) is 13.1. The van der Waals surface area contributed by atoms with Crippen LogP contribution in [0, 0.1) is 0 Å². The molecule has 0 fully saturated rings. The van der Waals surface area contributed by atoms with Gasteiger partial charge in [0, 0.05) is 49.1 Å². The van der Waals surface area contributed by atoms with Crippen LogP contribution in [0.15, 0.2) is 212 Å². The second-order valence-electron chi connectivity index (χ2n) is 15.7. The van der Waals surface area contributed by atoms with Gasteiger partial charge in [0.15, 0.2) is 0 Å². The summed E-state index contributed by atoms with van der Waals surface area (Å²) >= 11 is 0.